The minimum absolute atomic E-state index is 0.234. The van der Waals surface area contributed by atoms with Gasteiger partial charge >= 0.3 is 12.2 Å². The number of benzene rings is 1. The van der Waals surface area contributed by atoms with Crippen molar-refractivity contribution in [2.24, 2.45) is 0 Å². The van der Waals surface area contributed by atoms with Gasteiger partial charge in [-0.3, -0.25) is 0 Å². The summed E-state index contributed by atoms with van der Waals surface area (Å²) in [6, 6.07) is 4.56. The molecule has 4 nitrogen and oxygen atoms in total. The van der Waals surface area contributed by atoms with E-state index in [4.69, 9.17) is 0 Å². The van der Waals surface area contributed by atoms with E-state index in [-0.39, 0.29) is 11.7 Å². The van der Waals surface area contributed by atoms with Gasteiger partial charge in [0.25, 0.3) is 0 Å². The molecule has 2 rings (SSSR count). The number of anilines is 1. The first-order valence-electron chi connectivity index (χ1n) is 6.79. The van der Waals surface area contributed by atoms with Gasteiger partial charge in [0.2, 0.25) is 0 Å². The van der Waals surface area contributed by atoms with Crippen LogP contribution in [0.3, 0.4) is 0 Å². The van der Waals surface area contributed by atoms with Gasteiger partial charge in [-0.25, -0.2) is 4.79 Å². The molecule has 21 heavy (non-hydrogen) atoms. The van der Waals surface area contributed by atoms with Crippen molar-refractivity contribution in [2.45, 2.75) is 25.1 Å². The molecular weight excluding hydrogens is 283 g/mol. The molecule has 0 aromatic heterocycles. The Hall–Kier alpha value is -1.76. The van der Waals surface area contributed by atoms with E-state index in [1.807, 2.05) is 7.05 Å². The maximum atomic E-state index is 12.8. The molecule has 1 aliphatic rings. The number of likely N-dealkylation sites (tertiary alicyclic amines) is 1. The maximum Gasteiger partial charge on any atom is 0.418 e. The largest absolute Gasteiger partial charge is 0.418 e. The lowest BCUT2D eigenvalue weighted by Gasteiger charge is -2.20. The average molecular weight is 301 g/mol. The number of nitrogens with one attached hydrogen (secondary N) is 2. The molecule has 0 unspecified atom stereocenters. The Balaban J connectivity index is 1.94. The summed E-state index contributed by atoms with van der Waals surface area (Å²) in [5.41, 5.74) is -1.08. The molecule has 1 aromatic rings. The summed E-state index contributed by atoms with van der Waals surface area (Å²) in [5, 5.41) is 4.89. The van der Waals surface area contributed by atoms with E-state index in [0.717, 1.165) is 25.5 Å². The molecule has 7 heteroatoms. The third-order valence-corrected chi connectivity index (χ3v) is 3.65. The lowest BCUT2D eigenvalue weighted by molar-refractivity contribution is -0.136. The van der Waals surface area contributed by atoms with E-state index in [0.29, 0.717) is 6.54 Å². The van der Waals surface area contributed by atoms with Gasteiger partial charge in [0.1, 0.15) is 0 Å². The first-order chi connectivity index (χ1) is 9.88. The van der Waals surface area contributed by atoms with Crippen LogP contribution in [0.4, 0.5) is 23.7 Å². The van der Waals surface area contributed by atoms with Gasteiger partial charge in [-0.2, -0.15) is 13.2 Å². The van der Waals surface area contributed by atoms with Gasteiger partial charge in [-0.1, -0.05) is 12.1 Å². The Kier molecular flexibility index (Phi) is 4.72. The summed E-state index contributed by atoms with van der Waals surface area (Å²) in [6.07, 6.45) is -2.44. The van der Waals surface area contributed by atoms with Crippen LogP contribution in [0.15, 0.2) is 24.3 Å². The molecule has 1 aromatic carbocycles. The molecule has 2 amide bonds. The summed E-state index contributed by atoms with van der Waals surface area (Å²) in [7, 11) is 1.97. The normalized spacial score (nSPS) is 19.5. The van der Waals surface area contributed by atoms with Crippen molar-refractivity contribution in [3.63, 3.8) is 0 Å². The quantitative estimate of drug-likeness (QED) is 0.901. The Morgan fingerprint density at radius 3 is 2.71 bits per heavy atom. The van der Waals surface area contributed by atoms with E-state index in [2.05, 4.69) is 15.5 Å². The van der Waals surface area contributed by atoms with E-state index >= 15 is 0 Å². The average Bonchev–Trinajstić information content (AvgIpc) is 2.81. The van der Waals surface area contributed by atoms with Crippen LogP contribution in [0, 0.1) is 0 Å². The summed E-state index contributed by atoms with van der Waals surface area (Å²) in [4.78, 5) is 13.9. The van der Waals surface area contributed by atoms with Gasteiger partial charge in [0.15, 0.2) is 0 Å². The fraction of sp³-hybridized carbons (Fsp3) is 0.500. The Morgan fingerprint density at radius 2 is 2.10 bits per heavy atom. The number of carbonyl (C=O) groups excluding carboxylic acids is 1. The second-order valence-corrected chi connectivity index (χ2v) is 5.16. The summed E-state index contributed by atoms with van der Waals surface area (Å²) < 4.78 is 38.4. The van der Waals surface area contributed by atoms with E-state index in [9.17, 15) is 18.0 Å². The number of hydrogen-bond acceptors (Lipinski definition) is 2. The smallest absolute Gasteiger partial charge is 0.336 e. The molecule has 1 saturated heterocycles. The predicted molar refractivity (Wildman–Crippen MR) is 74.1 cm³/mol. The highest BCUT2D eigenvalue weighted by Gasteiger charge is 2.33. The van der Waals surface area contributed by atoms with Crippen molar-refractivity contribution in [1.82, 2.24) is 10.2 Å². The number of amides is 2. The van der Waals surface area contributed by atoms with Gasteiger partial charge < -0.3 is 15.5 Å². The van der Waals surface area contributed by atoms with E-state index in [1.165, 1.54) is 18.2 Å². The molecule has 0 aliphatic carbocycles. The van der Waals surface area contributed by atoms with Crippen LogP contribution in [0.2, 0.25) is 0 Å². The maximum absolute atomic E-state index is 12.8. The molecule has 0 saturated carbocycles. The van der Waals surface area contributed by atoms with Crippen LogP contribution in [0.25, 0.3) is 0 Å². The number of nitrogens with zero attached hydrogens (tertiary/aromatic N) is 1. The Morgan fingerprint density at radius 1 is 1.38 bits per heavy atom. The molecule has 0 radical (unpaired) electrons. The van der Waals surface area contributed by atoms with E-state index < -0.39 is 17.8 Å². The topological polar surface area (TPSA) is 44.4 Å². The molecule has 1 atom stereocenters. The number of urea groups is 1. The first-order valence-corrected chi connectivity index (χ1v) is 6.79. The Labute approximate surface area is 121 Å². The highest BCUT2D eigenvalue weighted by molar-refractivity contribution is 5.90. The minimum atomic E-state index is -4.49. The number of alkyl halides is 3. The lowest BCUT2D eigenvalue weighted by atomic mass is 10.1. The zero-order chi connectivity index (χ0) is 15.5. The molecule has 0 bridgehead atoms. The highest BCUT2D eigenvalue weighted by Crippen LogP contribution is 2.34. The fourth-order valence-electron chi connectivity index (χ4n) is 2.45. The molecule has 116 valence electrons. The van der Waals surface area contributed by atoms with Crippen LogP contribution in [-0.4, -0.2) is 37.1 Å². The van der Waals surface area contributed by atoms with Crippen molar-refractivity contribution >= 4 is 11.7 Å². The standard InChI is InChI=1S/C14H18F3N3O/c1-20-8-4-5-10(20)9-18-13(21)19-12-7-3-2-6-11(12)14(15,16)17/h2-3,6-7,10H,4-5,8-9H2,1H3,(H2,18,19,21)/t10-/m0/s1. The number of hydrogen-bond donors (Lipinski definition) is 2. The van der Waals surface area contributed by atoms with Crippen LogP contribution < -0.4 is 10.6 Å². The molecule has 1 aliphatic heterocycles. The van der Waals surface area contributed by atoms with Crippen molar-refractivity contribution in [3.8, 4) is 0 Å². The molecule has 1 heterocycles. The predicted octanol–water partition coefficient (Wildman–Crippen LogP) is 2.92. The van der Waals surface area contributed by atoms with Crippen molar-refractivity contribution in [2.75, 3.05) is 25.5 Å². The van der Waals surface area contributed by atoms with Crippen molar-refractivity contribution in [3.05, 3.63) is 29.8 Å². The monoisotopic (exact) mass is 301 g/mol. The summed E-state index contributed by atoms with van der Waals surface area (Å²) in [6.45, 7) is 1.40. The third kappa shape index (κ3) is 4.10. The van der Waals surface area contributed by atoms with Crippen molar-refractivity contribution < 1.29 is 18.0 Å². The molecule has 0 spiro atoms. The second kappa shape index (κ2) is 6.34. The first kappa shape index (κ1) is 15.6. The second-order valence-electron chi connectivity index (χ2n) is 5.16. The SMILES string of the molecule is CN1CCC[C@H]1CNC(=O)Nc1ccccc1C(F)(F)F. The van der Waals surface area contributed by atoms with Gasteiger partial charge in [0, 0.05) is 12.6 Å². The number of carbonyl (C=O) groups is 1. The van der Waals surface area contributed by atoms with Gasteiger partial charge in [0.05, 0.1) is 11.3 Å². The number of para-hydroxylation sites is 1. The van der Waals surface area contributed by atoms with Crippen LogP contribution in [-0.2, 0) is 6.18 Å². The van der Waals surface area contributed by atoms with E-state index in [1.54, 1.807) is 0 Å². The molecule has 2 N–H and O–H groups in total. The zero-order valence-electron chi connectivity index (χ0n) is 11.7. The lowest BCUT2D eigenvalue weighted by Crippen LogP contribution is -2.40. The zero-order valence-corrected chi connectivity index (χ0v) is 11.7. The minimum Gasteiger partial charge on any atom is -0.336 e. The fourth-order valence-corrected chi connectivity index (χ4v) is 2.45. The highest BCUT2D eigenvalue weighted by atomic mass is 19.4. The van der Waals surface area contributed by atoms with Crippen LogP contribution in [0.5, 0.6) is 0 Å². The van der Waals surface area contributed by atoms with Gasteiger partial charge in [-0.05, 0) is 38.6 Å². The summed E-state index contributed by atoms with van der Waals surface area (Å²) in [5.74, 6) is 0. The molecule has 1 fully saturated rings. The van der Waals surface area contributed by atoms with Gasteiger partial charge in [-0.15, -0.1) is 0 Å². The number of rotatable bonds is 3. The van der Waals surface area contributed by atoms with Crippen LogP contribution in [0.1, 0.15) is 18.4 Å². The molecular formula is C14H18F3N3O. The summed E-state index contributed by atoms with van der Waals surface area (Å²) >= 11 is 0. The van der Waals surface area contributed by atoms with Crippen LogP contribution >= 0.6 is 0 Å². The third-order valence-electron chi connectivity index (χ3n) is 3.65. The number of likely N-dealkylation sites (N-methyl/N-ethyl adjacent to an activating group) is 1. The van der Waals surface area contributed by atoms with Crippen molar-refractivity contribution in [1.29, 1.82) is 0 Å². The number of halogens is 3. The Bertz CT molecular complexity index is 504.